The van der Waals surface area contributed by atoms with Gasteiger partial charge in [0.05, 0.1) is 5.69 Å². The normalized spacial score (nSPS) is 11.0. The van der Waals surface area contributed by atoms with Crippen LogP contribution in [0.3, 0.4) is 0 Å². The van der Waals surface area contributed by atoms with Gasteiger partial charge in [0.25, 0.3) is 0 Å². The van der Waals surface area contributed by atoms with Gasteiger partial charge in [-0.05, 0) is 18.2 Å². The molecule has 3 aromatic rings. The van der Waals surface area contributed by atoms with E-state index in [0.29, 0.717) is 22.7 Å². The highest BCUT2D eigenvalue weighted by Gasteiger charge is 2.08. The number of nitrogens with zero attached hydrogens (tertiary/aromatic N) is 3. The summed E-state index contributed by atoms with van der Waals surface area (Å²) in [4.78, 5) is 8.18. The van der Waals surface area contributed by atoms with Crippen LogP contribution < -0.4 is 5.73 Å². The number of fused-ring (bicyclic) bond motifs is 1. The summed E-state index contributed by atoms with van der Waals surface area (Å²) in [6, 6.07) is 5.25. The molecule has 90 valence electrons. The number of imidazole rings is 1. The molecule has 0 atom stereocenters. The number of nitrogens with two attached hydrogens (primary N) is 1. The topological polar surface area (TPSA) is 56.2 Å². The molecule has 2 N–H and O–H groups in total. The summed E-state index contributed by atoms with van der Waals surface area (Å²) in [5, 5.41) is 0. The monoisotopic (exact) mass is 246 g/mol. The van der Waals surface area contributed by atoms with E-state index in [9.17, 15) is 8.78 Å². The lowest BCUT2D eigenvalue weighted by molar-refractivity contribution is 0.509. The van der Waals surface area contributed by atoms with Crippen molar-refractivity contribution in [3.8, 4) is 11.3 Å². The molecule has 3 rings (SSSR count). The van der Waals surface area contributed by atoms with Gasteiger partial charge in [-0.1, -0.05) is 0 Å². The van der Waals surface area contributed by atoms with Gasteiger partial charge in [0.2, 0.25) is 0 Å². The second kappa shape index (κ2) is 3.76. The van der Waals surface area contributed by atoms with E-state index in [1.165, 1.54) is 12.4 Å². The van der Waals surface area contributed by atoms with Crippen molar-refractivity contribution in [2.75, 3.05) is 5.73 Å². The second-order valence-corrected chi connectivity index (χ2v) is 3.83. The Hall–Kier alpha value is -2.50. The lowest BCUT2D eigenvalue weighted by atomic mass is 10.1. The smallest absolute Gasteiger partial charge is 0.159 e. The lowest BCUT2D eigenvalue weighted by Crippen LogP contribution is -1.92. The Morgan fingerprint density at radius 3 is 2.72 bits per heavy atom. The van der Waals surface area contributed by atoms with Gasteiger partial charge in [0.15, 0.2) is 11.6 Å². The molecule has 1 aromatic carbocycles. The van der Waals surface area contributed by atoms with Crippen LogP contribution in [-0.4, -0.2) is 14.4 Å². The molecule has 0 bridgehead atoms. The Morgan fingerprint density at radius 2 is 1.94 bits per heavy atom. The first-order chi connectivity index (χ1) is 8.63. The van der Waals surface area contributed by atoms with Crippen molar-refractivity contribution < 1.29 is 8.78 Å². The Balaban J connectivity index is 2.16. The number of aromatic nitrogens is 3. The Kier molecular flexibility index (Phi) is 2.22. The van der Waals surface area contributed by atoms with Gasteiger partial charge in [-0.2, -0.15) is 0 Å². The highest BCUT2D eigenvalue weighted by molar-refractivity contribution is 5.63. The van der Waals surface area contributed by atoms with Crippen molar-refractivity contribution in [3.63, 3.8) is 0 Å². The molecule has 0 aliphatic rings. The fourth-order valence-electron chi connectivity index (χ4n) is 1.70. The molecule has 0 saturated carbocycles. The van der Waals surface area contributed by atoms with Crippen LogP contribution in [0.2, 0.25) is 0 Å². The molecule has 0 radical (unpaired) electrons. The molecule has 2 heterocycles. The maximum atomic E-state index is 13.1. The van der Waals surface area contributed by atoms with E-state index in [4.69, 9.17) is 5.73 Å². The maximum absolute atomic E-state index is 13.1. The molecule has 18 heavy (non-hydrogen) atoms. The van der Waals surface area contributed by atoms with Crippen LogP contribution in [0.5, 0.6) is 0 Å². The van der Waals surface area contributed by atoms with Gasteiger partial charge in [0.1, 0.15) is 17.8 Å². The summed E-state index contributed by atoms with van der Waals surface area (Å²) < 4.78 is 27.6. The number of rotatable bonds is 1. The minimum atomic E-state index is -0.901. The number of nitrogen functional groups attached to an aromatic ring is 1. The van der Waals surface area contributed by atoms with Crippen LogP contribution >= 0.6 is 0 Å². The van der Waals surface area contributed by atoms with Gasteiger partial charge in [0, 0.05) is 17.8 Å². The largest absolute Gasteiger partial charge is 0.384 e. The first-order valence-electron chi connectivity index (χ1n) is 5.19. The Bertz CT molecular complexity index is 736. The average molecular weight is 246 g/mol. The molecule has 0 spiro atoms. The van der Waals surface area contributed by atoms with E-state index in [-0.39, 0.29) is 0 Å². The molecule has 0 fully saturated rings. The number of benzene rings is 1. The van der Waals surface area contributed by atoms with E-state index in [1.54, 1.807) is 16.7 Å². The van der Waals surface area contributed by atoms with E-state index in [1.807, 2.05) is 0 Å². The van der Waals surface area contributed by atoms with Crippen LogP contribution in [0.4, 0.5) is 14.6 Å². The zero-order chi connectivity index (χ0) is 12.7. The van der Waals surface area contributed by atoms with Crippen LogP contribution in [0.1, 0.15) is 0 Å². The lowest BCUT2D eigenvalue weighted by Gasteiger charge is -1.96. The molecule has 0 amide bonds. The maximum Gasteiger partial charge on any atom is 0.159 e. The van der Waals surface area contributed by atoms with Crippen molar-refractivity contribution >= 4 is 11.5 Å². The summed E-state index contributed by atoms with van der Waals surface area (Å²) in [6.07, 6.45) is 3.19. The molecule has 0 aliphatic carbocycles. The number of halogens is 2. The molecule has 2 aromatic heterocycles. The minimum absolute atomic E-state index is 0.352. The van der Waals surface area contributed by atoms with Crippen LogP contribution in [0.25, 0.3) is 16.9 Å². The summed E-state index contributed by atoms with van der Waals surface area (Å²) in [5.41, 5.74) is 7.17. The molecule has 0 saturated heterocycles. The van der Waals surface area contributed by atoms with Gasteiger partial charge in [-0.25, -0.2) is 18.7 Å². The predicted octanol–water partition coefficient (Wildman–Crippen LogP) is 2.26. The fourth-order valence-corrected chi connectivity index (χ4v) is 1.70. The third-order valence-electron chi connectivity index (χ3n) is 2.58. The van der Waals surface area contributed by atoms with Gasteiger partial charge in [-0.15, -0.1) is 0 Å². The van der Waals surface area contributed by atoms with Crippen molar-refractivity contribution in [1.29, 1.82) is 0 Å². The van der Waals surface area contributed by atoms with Crippen molar-refractivity contribution in [2.24, 2.45) is 0 Å². The third-order valence-corrected chi connectivity index (χ3v) is 2.58. The molecule has 6 heteroatoms. The van der Waals surface area contributed by atoms with Crippen molar-refractivity contribution in [3.05, 3.63) is 48.4 Å². The SMILES string of the molecule is Nc1cc2nc(-c3ccc(F)c(F)c3)cn2cn1. The molecular formula is C12H8F2N4. The van der Waals surface area contributed by atoms with Gasteiger partial charge in [-0.3, -0.25) is 4.40 Å². The van der Waals surface area contributed by atoms with Gasteiger partial charge >= 0.3 is 0 Å². The number of hydrogen-bond donors (Lipinski definition) is 1. The van der Waals surface area contributed by atoms with Crippen LogP contribution in [0, 0.1) is 11.6 Å². The Labute approximate surface area is 101 Å². The van der Waals surface area contributed by atoms with Crippen molar-refractivity contribution in [1.82, 2.24) is 14.4 Å². The van der Waals surface area contributed by atoms with E-state index in [2.05, 4.69) is 9.97 Å². The summed E-state index contributed by atoms with van der Waals surface area (Å²) in [5.74, 6) is -1.43. The average Bonchev–Trinajstić information content (AvgIpc) is 2.75. The molecular weight excluding hydrogens is 238 g/mol. The number of hydrogen-bond acceptors (Lipinski definition) is 3. The molecule has 0 aliphatic heterocycles. The molecule has 4 nitrogen and oxygen atoms in total. The second-order valence-electron chi connectivity index (χ2n) is 3.83. The summed E-state index contributed by atoms with van der Waals surface area (Å²) in [6.45, 7) is 0. The van der Waals surface area contributed by atoms with Gasteiger partial charge < -0.3 is 5.73 Å². The van der Waals surface area contributed by atoms with Crippen LogP contribution in [-0.2, 0) is 0 Å². The molecule has 0 unspecified atom stereocenters. The van der Waals surface area contributed by atoms with Crippen LogP contribution in [0.15, 0.2) is 36.8 Å². The quantitative estimate of drug-likeness (QED) is 0.716. The summed E-state index contributed by atoms with van der Waals surface area (Å²) >= 11 is 0. The first kappa shape index (κ1) is 10.6. The Morgan fingerprint density at radius 1 is 1.11 bits per heavy atom. The zero-order valence-electron chi connectivity index (χ0n) is 9.14. The fraction of sp³-hybridized carbons (Fsp3) is 0. The third kappa shape index (κ3) is 1.67. The predicted molar refractivity (Wildman–Crippen MR) is 62.8 cm³/mol. The van der Waals surface area contributed by atoms with E-state index < -0.39 is 11.6 Å². The zero-order valence-corrected chi connectivity index (χ0v) is 9.14. The minimum Gasteiger partial charge on any atom is -0.384 e. The van der Waals surface area contributed by atoms with E-state index >= 15 is 0 Å². The first-order valence-corrected chi connectivity index (χ1v) is 5.19. The summed E-state index contributed by atoms with van der Waals surface area (Å²) in [7, 11) is 0. The van der Waals surface area contributed by atoms with Crippen molar-refractivity contribution in [2.45, 2.75) is 0 Å². The highest BCUT2D eigenvalue weighted by atomic mass is 19.2. The highest BCUT2D eigenvalue weighted by Crippen LogP contribution is 2.21. The number of anilines is 1. The van der Waals surface area contributed by atoms with E-state index in [0.717, 1.165) is 12.1 Å². The standard InChI is InChI=1S/C12H8F2N4/c13-8-2-1-7(3-9(8)14)10-5-18-6-16-11(15)4-12(18)17-10/h1-6H,15H2.